The molecule has 1 fully saturated rings. The first-order chi connectivity index (χ1) is 9.17. The molecule has 2 N–H and O–H groups in total. The monoisotopic (exact) mass is 262 g/mol. The van der Waals surface area contributed by atoms with Crippen LogP contribution in [0.25, 0.3) is 0 Å². The molecule has 0 aromatic heterocycles. The zero-order valence-electron chi connectivity index (χ0n) is 11.3. The second-order valence-corrected chi connectivity index (χ2v) is 5.22. The van der Waals surface area contributed by atoms with Gasteiger partial charge in [-0.2, -0.15) is 0 Å². The van der Waals surface area contributed by atoms with Gasteiger partial charge in [-0.05, 0) is 17.9 Å². The maximum absolute atomic E-state index is 10.3. The average Bonchev–Trinajstić information content (AvgIpc) is 2.44. The Kier molecular flexibility index (Phi) is 4.75. The molecule has 104 valence electrons. The molecular weight excluding hydrogens is 240 g/mol. The van der Waals surface area contributed by atoms with Crippen molar-refractivity contribution in [3.05, 3.63) is 48.6 Å². The van der Waals surface area contributed by atoms with Crippen molar-refractivity contribution in [3.8, 4) is 0 Å². The Balaban J connectivity index is 2.17. The molecule has 0 aliphatic heterocycles. The number of methoxy groups -OCH3 is 1. The molecule has 1 aromatic carbocycles. The molecule has 2 rings (SSSR count). The summed E-state index contributed by atoms with van der Waals surface area (Å²) in [6.07, 6.45) is 1.60. The maximum Gasteiger partial charge on any atom is 0.0854 e. The quantitative estimate of drug-likeness (QED) is 0.817. The third-order valence-electron chi connectivity index (χ3n) is 4.11. The summed E-state index contributed by atoms with van der Waals surface area (Å²) in [4.78, 5) is 0. The van der Waals surface area contributed by atoms with Crippen LogP contribution < -0.4 is 0 Å². The Bertz CT molecular complexity index is 404. The highest BCUT2D eigenvalue weighted by Gasteiger charge is 2.38. The van der Waals surface area contributed by atoms with E-state index in [0.717, 1.165) is 5.56 Å². The number of allylic oxidation sites excluding steroid dienone is 1. The van der Waals surface area contributed by atoms with Crippen molar-refractivity contribution in [1.82, 2.24) is 0 Å². The second-order valence-electron chi connectivity index (χ2n) is 5.22. The van der Waals surface area contributed by atoms with Crippen LogP contribution in [0.1, 0.15) is 24.3 Å². The summed E-state index contributed by atoms with van der Waals surface area (Å²) >= 11 is 0. The number of aliphatic hydroxyl groups is 2. The van der Waals surface area contributed by atoms with Crippen molar-refractivity contribution < 1.29 is 14.9 Å². The number of aliphatic hydroxyl groups excluding tert-OH is 2. The van der Waals surface area contributed by atoms with E-state index in [1.54, 1.807) is 7.11 Å². The molecule has 0 saturated heterocycles. The predicted molar refractivity (Wildman–Crippen MR) is 74.9 cm³/mol. The summed E-state index contributed by atoms with van der Waals surface area (Å²) in [5, 5.41) is 20.4. The smallest absolute Gasteiger partial charge is 0.0854 e. The van der Waals surface area contributed by atoms with Crippen molar-refractivity contribution >= 4 is 0 Å². The maximum atomic E-state index is 10.3. The molecule has 0 amide bonds. The van der Waals surface area contributed by atoms with E-state index in [4.69, 9.17) is 4.74 Å². The Morgan fingerprint density at radius 2 is 1.89 bits per heavy atom. The molecule has 1 aromatic rings. The van der Waals surface area contributed by atoms with Crippen LogP contribution in [0.4, 0.5) is 0 Å². The molecule has 0 spiro atoms. The van der Waals surface area contributed by atoms with Crippen molar-refractivity contribution in [2.24, 2.45) is 5.92 Å². The van der Waals surface area contributed by atoms with Crippen LogP contribution in [-0.4, -0.2) is 35.6 Å². The van der Waals surface area contributed by atoms with Gasteiger partial charge >= 0.3 is 0 Å². The van der Waals surface area contributed by atoms with E-state index in [1.165, 1.54) is 0 Å². The van der Waals surface area contributed by atoms with E-state index < -0.39 is 12.2 Å². The van der Waals surface area contributed by atoms with Gasteiger partial charge < -0.3 is 14.9 Å². The zero-order valence-corrected chi connectivity index (χ0v) is 11.3. The molecule has 3 heteroatoms. The van der Waals surface area contributed by atoms with Crippen LogP contribution >= 0.6 is 0 Å². The fourth-order valence-corrected chi connectivity index (χ4v) is 3.03. The largest absolute Gasteiger partial charge is 0.393 e. The molecule has 5 atom stereocenters. The normalized spacial score (nSPS) is 32.8. The molecule has 1 saturated carbocycles. The molecule has 19 heavy (non-hydrogen) atoms. The number of benzene rings is 1. The minimum atomic E-state index is -0.524. The van der Waals surface area contributed by atoms with Gasteiger partial charge in [0.05, 0.1) is 18.3 Å². The molecule has 0 radical (unpaired) electrons. The highest BCUT2D eigenvalue weighted by atomic mass is 16.5. The Hall–Kier alpha value is -1.16. The predicted octanol–water partition coefficient (Wildman–Crippen LogP) is 2.10. The van der Waals surface area contributed by atoms with Gasteiger partial charge in [-0.1, -0.05) is 36.4 Å². The summed E-state index contributed by atoms with van der Waals surface area (Å²) in [6, 6.07) is 10.0. The molecule has 0 heterocycles. The van der Waals surface area contributed by atoms with Crippen molar-refractivity contribution in [2.45, 2.75) is 37.1 Å². The number of ether oxygens (including phenoxy) is 1. The summed E-state index contributed by atoms with van der Waals surface area (Å²) in [5.74, 6) is 0.0463. The third kappa shape index (κ3) is 3.06. The van der Waals surface area contributed by atoms with E-state index in [0.29, 0.717) is 12.8 Å². The van der Waals surface area contributed by atoms with E-state index >= 15 is 0 Å². The highest BCUT2D eigenvalue weighted by Crippen LogP contribution is 2.37. The SMILES string of the molecule is C=C[C@@H](c1ccccc1)[C@@H]1C[C@@H](O)[C@@H](OC)C[C@H]1O. The molecule has 0 bridgehead atoms. The lowest BCUT2D eigenvalue weighted by molar-refractivity contribution is -0.0957. The Morgan fingerprint density at radius 3 is 2.47 bits per heavy atom. The van der Waals surface area contributed by atoms with E-state index in [1.807, 2.05) is 36.4 Å². The first-order valence-electron chi connectivity index (χ1n) is 6.73. The number of hydrogen-bond donors (Lipinski definition) is 2. The summed E-state index contributed by atoms with van der Waals surface area (Å²) in [7, 11) is 1.57. The van der Waals surface area contributed by atoms with Crippen LogP contribution in [-0.2, 0) is 4.74 Å². The van der Waals surface area contributed by atoms with Crippen LogP contribution in [0.2, 0.25) is 0 Å². The molecule has 1 aliphatic carbocycles. The van der Waals surface area contributed by atoms with Gasteiger partial charge in [0.2, 0.25) is 0 Å². The van der Waals surface area contributed by atoms with Gasteiger partial charge in [0.15, 0.2) is 0 Å². The molecular formula is C16H22O3. The lowest BCUT2D eigenvalue weighted by atomic mass is 9.73. The van der Waals surface area contributed by atoms with Gasteiger partial charge in [0.1, 0.15) is 0 Å². The summed E-state index contributed by atoms with van der Waals surface area (Å²) < 4.78 is 5.21. The minimum absolute atomic E-state index is 0.0127. The van der Waals surface area contributed by atoms with Crippen LogP contribution in [0.5, 0.6) is 0 Å². The number of hydrogen-bond acceptors (Lipinski definition) is 3. The highest BCUT2D eigenvalue weighted by molar-refractivity contribution is 5.25. The first kappa shape index (κ1) is 14.3. The Morgan fingerprint density at radius 1 is 1.21 bits per heavy atom. The van der Waals surface area contributed by atoms with E-state index in [-0.39, 0.29) is 17.9 Å². The third-order valence-corrected chi connectivity index (χ3v) is 4.11. The van der Waals surface area contributed by atoms with Gasteiger partial charge in [0.25, 0.3) is 0 Å². The van der Waals surface area contributed by atoms with Crippen LogP contribution in [0, 0.1) is 5.92 Å². The van der Waals surface area contributed by atoms with Crippen molar-refractivity contribution in [1.29, 1.82) is 0 Å². The average molecular weight is 262 g/mol. The Labute approximate surface area is 114 Å². The first-order valence-corrected chi connectivity index (χ1v) is 6.73. The van der Waals surface area contributed by atoms with E-state index in [9.17, 15) is 10.2 Å². The van der Waals surface area contributed by atoms with Gasteiger partial charge in [-0.25, -0.2) is 0 Å². The zero-order chi connectivity index (χ0) is 13.8. The lowest BCUT2D eigenvalue weighted by Crippen LogP contribution is -2.44. The van der Waals surface area contributed by atoms with E-state index in [2.05, 4.69) is 6.58 Å². The van der Waals surface area contributed by atoms with Crippen LogP contribution in [0.15, 0.2) is 43.0 Å². The summed E-state index contributed by atoms with van der Waals surface area (Å²) in [6.45, 7) is 3.89. The van der Waals surface area contributed by atoms with Gasteiger partial charge in [-0.15, -0.1) is 6.58 Å². The molecule has 3 nitrogen and oxygen atoms in total. The molecule has 0 unspecified atom stereocenters. The summed E-state index contributed by atoms with van der Waals surface area (Å²) in [5.41, 5.74) is 1.13. The fourth-order valence-electron chi connectivity index (χ4n) is 3.03. The standard InChI is InChI=1S/C16H22O3/c1-3-12(11-7-5-4-6-8-11)13-9-15(18)16(19-2)10-14(13)17/h3-8,12-18H,1,9-10H2,2H3/t12-,13-,14+,15+,16-/m0/s1. The lowest BCUT2D eigenvalue weighted by Gasteiger charge is -2.39. The minimum Gasteiger partial charge on any atom is -0.393 e. The second kappa shape index (κ2) is 6.33. The topological polar surface area (TPSA) is 49.7 Å². The molecule has 1 aliphatic rings. The van der Waals surface area contributed by atoms with Crippen LogP contribution in [0.3, 0.4) is 0 Å². The number of rotatable bonds is 4. The van der Waals surface area contributed by atoms with Crippen molar-refractivity contribution in [3.63, 3.8) is 0 Å². The van der Waals surface area contributed by atoms with Gasteiger partial charge in [0, 0.05) is 19.4 Å². The van der Waals surface area contributed by atoms with Crippen molar-refractivity contribution in [2.75, 3.05) is 7.11 Å². The fraction of sp³-hybridized carbons (Fsp3) is 0.500. The van der Waals surface area contributed by atoms with Gasteiger partial charge in [-0.3, -0.25) is 0 Å².